The molecule has 0 aliphatic carbocycles. The smallest absolute Gasteiger partial charge is 0.343 e. The van der Waals surface area contributed by atoms with Gasteiger partial charge in [0.1, 0.15) is 0 Å². The van der Waals surface area contributed by atoms with E-state index in [4.69, 9.17) is 9.26 Å². The molecule has 26 heavy (non-hydrogen) atoms. The molecule has 0 bridgehead atoms. The molecule has 0 spiro atoms. The van der Waals surface area contributed by atoms with Crippen molar-refractivity contribution in [3.05, 3.63) is 29.6 Å². The molecule has 140 valence electrons. The summed E-state index contributed by atoms with van der Waals surface area (Å²) in [5.74, 6) is -0.0629. The highest BCUT2D eigenvalue weighted by molar-refractivity contribution is 5.99. The van der Waals surface area contributed by atoms with Crippen molar-refractivity contribution in [3.63, 3.8) is 0 Å². The van der Waals surface area contributed by atoms with Crippen molar-refractivity contribution in [1.82, 2.24) is 5.16 Å². The van der Waals surface area contributed by atoms with Crippen LogP contribution in [0, 0.1) is 17.7 Å². The summed E-state index contributed by atoms with van der Waals surface area (Å²) in [5, 5.41) is 13.7. The largest absolute Gasteiger partial charge is 0.494 e. The molecule has 1 unspecified atom stereocenters. The second-order valence-corrected chi connectivity index (χ2v) is 7.10. The number of aromatic carboxylic acids is 1. The molecule has 2 heterocycles. The lowest BCUT2D eigenvalue weighted by Crippen LogP contribution is -2.22. The van der Waals surface area contributed by atoms with Gasteiger partial charge in [0.25, 0.3) is 0 Å². The van der Waals surface area contributed by atoms with Gasteiger partial charge in [-0.1, -0.05) is 19.0 Å². The minimum atomic E-state index is -1.12. The number of rotatable bonds is 6. The number of hydrogen-bond donors (Lipinski definition) is 1. The molecule has 1 aromatic heterocycles. The van der Waals surface area contributed by atoms with Gasteiger partial charge in [-0.3, -0.25) is 0 Å². The van der Waals surface area contributed by atoms with Crippen molar-refractivity contribution in [3.8, 4) is 17.1 Å². The predicted octanol–water partition coefficient (Wildman–Crippen LogP) is 4.06. The Hall–Kier alpha value is -2.57. The SMILES string of the molecule is COc1cc(-c2onc(N3CCC(CC(C)C)C3)c2C(=O)O)ccc1F. The second-order valence-electron chi connectivity index (χ2n) is 7.10. The first kappa shape index (κ1) is 18.2. The molecule has 1 N–H and O–H groups in total. The first-order valence-corrected chi connectivity index (χ1v) is 8.72. The monoisotopic (exact) mass is 362 g/mol. The average molecular weight is 362 g/mol. The number of hydrogen-bond acceptors (Lipinski definition) is 5. The van der Waals surface area contributed by atoms with Gasteiger partial charge < -0.3 is 19.3 Å². The Morgan fingerprint density at radius 3 is 2.92 bits per heavy atom. The predicted molar refractivity (Wildman–Crippen MR) is 95.2 cm³/mol. The van der Waals surface area contributed by atoms with Gasteiger partial charge in [0.15, 0.2) is 28.7 Å². The molecule has 1 aromatic carbocycles. The molecular formula is C19H23FN2O4. The van der Waals surface area contributed by atoms with Gasteiger partial charge in [0, 0.05) is 18.7 Å². The van der Waals surface area contributed by atoms with E-state index in [0.29, 0.717) is 23.2 Å². The van der Waals surface area contributed by atoms with E-state index < -0.39 is 11.8 Å². The minimum absolute atomic E-state index is 0.00357. The van der Waals surface area contributed by atoms with Crippen LogP contribution >= 0.6 is 0 Å². The summed E-state index contributed by atoms with van der Waals surface area (Å²) in [7, 11) is 1.35. The third-order valence-electron chi connectivity index (χ3n) is 4.69. The number of anilines is 1. The number of ether oxygens (including phenoxy) is 1. The van der Waals surface area contributed by atoms with Gasteiger partial charge in [-0.2, -0.15) is 0 Å². The van der Waals surface area contributed by atoms with Crippen molar-refractivity contribution in [2.24, 2.45) is 11.8 Å². The van der Waals surface area contributed by atoms with Crippen molar-refractivity contribution in [1.29, 1.82) is 0 Å². The first-order chi connectivity index (χ1) is 12.4. The molecule has 7 heteroatoms. The zero-order chi connectivity index (χ0) is 18.8. The number of aromatic nitrogens is 1. The number of benzene rings is 1. The van der Waals surface area contributed by atoms with Gasteiger partial charge >= 0.3 is 5.97 Å². The summed E-state index contributed by atoms with van der Waals surface area (Å²) in [5.41, 5.74) is 0.418. The highest BCUT2D eigenvalue weighted by atomic mass is 19.1. The molecule has 1 fully saturated rings. The zero-order valence-electron chi connectivity index (χ0n) is 15.2. The molecular weight excluding hydrogens is 339 g/mol. The van der Waals surface area contributed by atoms with E-state index >= 15 is 0 Å². The van der Waals surface area contributed by atoms with Crippen LogP contribution in [-0.2, 0) is 0 Å². The normalized spacial score (nSPS) is 17.1. The van der Waals surface area contributed by atoms with Crippen LogP contribution in [0.4, 0.5) is 10.2 Å². The van der Waals surface area contributed by atoms with Crippen molar-refractivity contribution >= 4 is 11.8 Å². The van der Waals surface area contributed by atoms with Crippen LogP contribution in [0.15, 0.2) is 22.7 Å². The fourth-order valence-corrected chi connectivity index (χ4v) is 3.57. The van der Waals surface area contributed by atoms with Gasteiger partial charge in [-0.15, -0.1) is 0 Å². The molecule has 1 atom stereocenters. The molecule has 3 rings (SSSR count). The lowest BCUT2D eigenvalue weighted by molar-refractivity contribution is 0.0698. The van der Waals surface area contributed by atoms with Gasteiger partial charge in [0.2, 0.25) is 0 Å². The topological polar surface area (TPSA) is 75.8 Å². The fourth-order valence-electron chi connectivity index (χ4n) is 3.57. The third kappa shape index (κ3) is 3.52. The van der Waals surface area contributed by atoms with E-state index in [9.17, 15) is 14.3 Å². The summed E-state index contributed by atoms with van der Waals surface area (Å²) in [4.78, 5) is 13.8. The Morgan fingerprint density at radius 1 is 1.50 bits per heavy atom. The highest BCUT2D eigenvalue weighted by Crippen LogP contribution is 2.36. The van der Waals surface area contributed by atoms with E-state index in [0.717, 1.165) is 25.9 Å². The minimum Gasteiger partial charge on any atom is -0.494 e. The van der Waals surface area contributed by atoms with E-state index in [2.05, 4.69) is 19.0 Å². The van der Waals surface area contributed by atoms with Crippen LogP contribution in [0.25, 0.3) is 11.3 Å². The van der Waals surface area contributed by atoms with Crippen LogP contribution in [0.2, 0.25) is 0 Å². The van der Waals surface area contributed by atoms with Crippen LogP contribution in [-0.4, -0.2) is 36.4 Å². The fraction of sp³-hybridized carbons (Fsp3) is 0.474. The summed E-state index contributed by atoms with van der Waals surface area (Å²) in [6, 6.07) is 4.09. The van der Waals surface area contributed by atoms with Gasteiger partial charge in [-0.05, 0) is 42.9 Å². The first-order valence-electron chi connectivity index (χ1n) is 8.72. The molecule has 1 aliphatic rings. The Labute approximate surface area is 151 Å². The number of carboxylic acid groups (broad SMARTS) is 1. The lowest BCUT2D eigenvalue weighted by atomic mass is 9.97. The summed E-state index contributed by atoms with van der Waals surface area (Å²) >= 11 is 0. The van der Waals surface area contributed by atoms with E-state index in [1.807, 2.05) is 4.90 Å². The number of methoxy groups -OCH3 is 1. The van der Waals surface area contributed by atoms with E-state index in [1.165, 1.54) is 25.3 Å². The third-order valence-corrected chi connectivity index (χ3v) is 4.69. The summed E-state index contributed by atoms with van der Waals surface area (Å²) in [6.45, 7) is 5.87. The van der Waals surface area contributed by atoms with Crippen LogP contribution in [0.3, 0.4) is 0 Å². The van der Waals surface area contributed by atoms with Crippen LogP contribution in [0.1, 0.15) is 37.0 Å². The zero-order valence-corrected chi connectivity index (χ0v) is 15.2. The maximum Gasteiger partial charge on any atom is 0.343 e. The molecule has 1 aliphatic heterocycles. The number of carbonyl (C=O) groups is 1. The van der Waals surface area contributed by atoms with Crippen molar-refractivity contribution in [2.45, 2.75) is 26.7 Å². The number of nitrogens with zero attached hydrogens (tertiary/aromatic N) is 2. The number of carboxylic acids is 1. The molecule has 1 saturated heterocycles. The molecule has 0 radical (unpaired) electrons. The Bertz CT molecular complexity index is 803. The Balaban J connectivity index is 1.94. The maximum absolute atomic E-state index is 13.6. The second kappa shape index (κ2) is 7.35. The molecule has 0 saturated carbocycles. The standard InChI is InChI=1S/C19H23FN2O4/c1-11(2)8-12-6-7-22(10-12)18-16(19(23)24)17(26-21-18)13-4-5-14(20)15(9-13)25-3/h4-5,9,11-12H,6-8,10H2,1-3H3,(H,23,24). The van der Waals surface area contributed by atoms with Gasteiger partial charge in [0.05, 0.1) is 7.11 Å². The maximum atomic E-state index is 13.6. The van der Waals surface area contributed by atoms with Crippen LogP contribution in [0.5, 0.6) is 5.75 Å². The average Bonchev–Trinajstić information content (AvgIpc) is 3.21. The highest BCUT2D eigenvalue weighted by Gasteiger charge is 2.32. The summed E-state index contributed by atoms with van der Waals surface area (Å²) < 4.78 is 24.0. The van der Waals surface area contributed by atoms with Crippen molar-refractivity contribution < 1.29 is 23.6 Å². The molecule has 0 amide bonds. The van der Waals surface area contributed by atoms with E-state index in [1.54, 1.807) is 0 Å². The van der Waals surface area contributed by atoms with E-state index in [-0.39, 0.29) is 17.1 Å². The molecule has 6 nitrogen and oxygen atoms in total. The number of halogens is 1. The lowest BCUT2D eigenvalue weighted by Gasteiger charge is -2.16. The Morgan fingerprint density at radius 2 is 2.27 bits per heavy atom. The molecule has 2 aromatic rings. The summed E-state index contributed by atoms with van der Waals surface area (Å²) in [6.07, 6.45) is 2.10. The quantitative estimate of drug-likeness (QED) is 0.835. The van der Waals surface area contributed by atoms with Crippen molar-refractivity contribution in [2.75, 3.05) is 25.1 Å². The van der Waals surface area contributed by atoms with Gasteiger partial charge in [-0.25, -0.2) is 9.18 Å². The Kier molecular flexibility index (Phi) is 5.15. The van der Waals surface area contributed by atoms with Crippen LogP contribution < -0.4 is 9.64 Å².